The van der Waals surface area contributed by atoms with E-state index in [0.29, 0.717) is 5.56 Å². The Balaban J connectivity index is 3.22. The second kappa shape index (κ2) is 4.72. The summed E-state index contributed by atoms with van der Waals surface area (Å²) in [4.78, 5) is 3.69. The SMILES string of the molecule is CCC(C)c1cnc(OC)c(C(F)(F)F)c1. The molecule has 0 aromatic carbocycles. The van der Waals surface area contributed by atoms with Gasteiger partial charge in [-0.15, -0.1) is 0 Å². The van der Waals surface area contributed by atoms with Gasteiger partial charge in [-0.3, -0.25) is 0 Å². The molecule has 1 unspecified atom stereocenters. The van der Waals surface area contributed by atoms with Crippen molar-refractivity contribution < 1.29 is 17.9 Å². The van der Waals surface area contributed by atoms with E-state index in [0.717, 1.165) is 12.5 Å². The molecule has 16 heavy (non-hydrogen) atoms. The van der Waals surface area contributed by atoms with E-state index >= 15 is 0 Å². The first kappa shape index (κ1) is 12.8. The lowest BCUT2D eigenvalue weighted by atomic mass is 9.99. The fourth-order valence-electron chi connectivity index (χ4n) is 1.34. The lowest BCUT2D eigenvalue weighted by Crippen LogP contribution is -2.10. The van der Waals surface area contributed by atoms with E-state index in [1.807, 2.05) is 13.8 Å². The minimum atomic E-state index is -4.43. The van der Waals surface area contributed by atoms with Crippen LogP contribution in [-0.4, -0.2) is 12.1 Å². The molecular formula is C11H14F3NO. The van der Waals surface area contributed by atoms with Gasteiger partial charge >= 0.3 is 6.18 Å². The first-order valence-corrected chi connectivity index (χ1v) is 5.01. The Morgan fingerprint density at radius 1 is 1.44 bits per heavy atom. The molecule has 90 valence electrons. The number of hydrogen-bond donors (Lipinski definition) is 0. The van der Waals surface area contributed by atoms with Crippen LogP contribution in [0.3, 0.4) is 0 Å². The molecule has 0 aliphatic rings. The minimum Gasteiger partial charge on any atom is -0.481 e. The molecular weight excluding hydrogens is 219 g/mol. The number of methoxy groups -OCH3 is 1. The first-order valence-electron chi connectivity index (χ1n) is 5.01. The highest BCUT2D eigenvalue weighted by Gasteiger charge is 2.35. The molecule has 1 heterocycles. The van der Waals surface area contributed by atoms with Crippen molar-refractivity contribution in [3.8, 4) is 5.88 Å². The van der Waals surface area contributed by atoms with Crippen LogP contribution in [0.5, 0.6) is 5.88 Å². The highest BCUT2D eigenvalue weighted by Crippen LogP contribution is 2.36. The Hall–Kier alpha value is -1.26. The standard InChI is InChI=1S/C11H14F3NO/c1-4-7(2)8-5-9(11(12,13)14)10(16-3)15-6-8/h5-7H,4H2,1-3H3. The molecule has 0 fully saturated rings. The predicted molar refractivity (Wildman–Crippen MR) is 54.5 cm³/mol. The molecule has 1 atom stereocenters. The Bertz CT molecular complexity index is 363. The summed E-state index contributed by atoms with van der Waals surface area (Å²) in [6.45, 7) is 3.78. The molecule has 0 aliphatic carbocycles. The quantitative estimate of drug-likeness (QED) is 0.795. The summed E-state index contributed by atoms with van der Waals surface area (Å²) in [5.41, 5.74) is -0.233. The maximum atomic E-state index is 12.7. The van der Waals surface area contributed by atoms with E-state index in [-0.39, 0.29) is 11.8 Å². The highest BCUT2D eigenvalue weighted by atomic mass is 19.4. The fourth-order valence-corrected chi connectivity index (χ4v) is 1.34. The maximum absolute atomic E-state index is 12.7. The van der Waals surface area contributed by atoms with Crippen LogP contribution in [-0.2, 0) is 6.18 Å². The van der Waals surface area contributed by atoms with Crippen molar-refractivity contribution in [3.63, 3.8) is 0 Å². The molecule has 0 spiro atoms. The molecule has 0 amide bonds. The van der Waals surface area contributed by atoms with Gasteiger partial charge in [0.25, 0.3) is 0 Å². The first-order chi connectivity index (χ1) is 7.40. The molecule has 2 nitrogen and oxygen atoms in total. The van der Waals surface area contributed by atoms with Gasteiger partial charge in [-0.2, -0.15) is 13.2 Å². The van der Waals surface area contributed by atoms with Crippen molar-refractivity contribution >= 4 is 0 Å². The van der Waals surface area contributed by atoms with E-state index < -0.39 is 11.7 Å². The molecule has 1 aromatic heterocycles. The summed E-state index contributed by atoms with van der Waals surface area (Å²) in [5, 5.41) is 0. The second-order valence-corrected chi connectivity index (χ2v) is 3.63. The van der Waals surface area contributed by atoms with Crippen LogP contribution in [0.4, 0.5) is 13.2 Å². The van der Waals surface area contributed by atoms with Gasteiger partial charge in [0.2, 0.25) is 5.88 Å². The Morgan fingerprint density at radius 3 is 2.50 bits per heavy atom. The normalized spacial score (nSPS) is 13.6. The number of rotatable bonds is 3. The van der Waals surface area contributed by atoms with Crippen LogP contribution >= 0.6 is 0 Å². The van der Waals surface area contributed by atoms with E-state index in [1.54, 1.807) is 0 Å². The molecule has 0 radical (unpaired) electrons. The zero-order valence-electron chi connectivity index (χ0n) is 9.43. The topological polar surface area (TPSA) is 22.1 Å². The number of aromatic nitrogens is 1. The van der Waals surface area contributed by atoms with E-state index in [4.69, 9.17) is 0 Å². The van der Waals surface area contributed by atoms with Crippen molar-refractivity contribution in [3.05, 3.63) is 23.4 Å². The van der Waals surface area contributed by atoms with Crippen molar-refractivity contribution in [1.29, 1.82) is 0 Å². The number of halogens is 3. The van der Waals surface area contributed by atoms with Crippen LogP contribution in [0.25, 0.3) is 0 Å². The zero-order valence-corrected chi connectivity index (χ0v) is 9.43. The van der Waals surface area contributed by atoms with Crippen molar-refractivity contribution in [1.82, 2.24) is 4.98 Å². The minimum absolute atomic E-state index is 0.0551. The summed E-state index contributed by atoms with van der Waals surface area (Å²) < 4.78 is 42.6. The number of pyridine rings is 1. The van der Waals surface area contributed by atoms with Crippen molar-refractivity contribution in [2.24, 2.45) is 0 Å². The predicted octanol–water partition coefficient (Wildman–Crippen LogP) is 3.62. The smallest absolute Gasteiger partial charge is 0.421 e. The third-order valence-electron chi connectivity index (χ3n) is 2.55. The Morgan fingerprint density at radius 2 is 2.06 bits per heavy atom. The summed E-state index contributed by atoms with van der Waals surface area (Å²) in [7, 11) is 1.18. The molecule has 5 heteroatoms. The molecule has 1 aromatic rings. The third kappa shape index (κ3) is 2.65. The average molecular weight is 233 g/mol. The average Bonchev–Trinajstić information content (AvgIpc) is 2.26. The molecule has 0 saturated carbocycles. The number of alkyl halides is 3. The molecule has 0 bridgehead atoms. The fraction of sp³-hybridized carbons (Fsp3) is 0.545. The summed E-state index contributed by atoms with van der Waals surface area (Å²) in [5.74, 6) is -0.320. The van der Waals surface area contributed by atoms with Crippen LogP contribution in [0.1, 0.15) is 37.3 Å². The largest absolute Gasteiger partial charge is 0.481 e. The zero-order chi connectivity index (χ0) is 12.3. The summed E-state index contributed by atoms with van der Waals surface area (Å²) in [6.07, 6.45) is -2.23. The van der Waals surface area contributed by atoms with Crippen LogP contribution in [0.15, 0.2) is 12.3 Å². The maximum Gasteiger partial charge on any atom is 0.421 e. The van der Waals surface area contributed by atoms with E-state index in [9.17, 15) is 13.2 Å². The van der Waals surface area contributed by atoms with Gasteiger partial charge in [0.1, 0.15) is 5.56 Å². The van der Waals surface area contributed by atoms with Crippen LogP contribution < -0.4 is 4.74 Å². The van der Waals surface area contributed by atoms with Crippen LogP contribution in [0.2, 0.25) is 0 Å². The molecule has 1 rings (SSSR count). The number of ether oxygens (including phenoxy) is 1. The van der Waals surface area contributed by atoms with Crippen molar-refractivity contribution in [2.45, 2.75) is 32.4 Å². The van der Waals surface area contributed by atoms with Gasteiger partial charge in [-0.25, -0.2) is 4.98 Å². The van der Waals surface area contributed by atoms with Gasteiger partial charge in [0.15, 0.2) is 0 Å². The van der Waals surface area contributed by atoms with Gasteiger partial charge < -0.3 is 4.74 Å². The van der Waals surface area contributed by atoms with Gasteiger partial charge in [-0.1, -0.05) is 13.8 Å². The molecule has 0 N–H and O–H groups in total. The Labute approximate surface area is 92.5 Å². The molecule has 0 saturated heterocycles. The van der Waals surface area contributed by atoms with E-state index in [2.05, 4.69) is 9.72 Å². The number of nitrogens with zero attached hydrogens (tertiary/aromatic N) is 1. The monoisotopic (exact) mass is 233 g/mol. The summed E-state index contributed by atoms with van der Waals surface area (Å²) >= 11 is 0. The Kier molecular flexibility index (Phi) is 3.78. The third-order valence-corrected chi connectivity index (χ3v) is 2.55. The van der Waals surface area contributed by atoms with E-state index in [1.165, 1.54) is 13.3 Å². The van der Waals surface area contributed by atoms with Crippen molar-refractivity contribution in [2.75, 3.05) is 7.11 Å². The van der Waals surface area contributed by atoms with Gasteiger partial charge in [0, 0.05) is 6.20 Å². The van der Waals surface area contributed by atoms with Crippen LogP contribution in [0, 0.1) is 0 Å². The number of hydrogen-bond acceptors (Lipinski definition) is 2. The second-order valence-electron chi connectivity index (χ2n) is 3.63. The lowest BCUT2D eigenvalue weighted by molar-refractivity contribution is -0.139. The lowest BCUT2D eigenvalue weighted by Gasteiger charge is -2.14. The highest BCUT2D eigenvalue weighted by molar-refractivity contribution is 5.33. The summed E-state index contributed by atoms with van der Waals surface area (Å²) in [6, 6.07) is 1.11. The molecule has 0 aliphatic heterocycles. The van der Waals surface area contributed by atoms with Gasteiger partial charge in [0.05, 0.1) is 7.11 Å². The van der Waals surface area contributed by atoms with Gasteiger partial charge in [-0.05, 0) is 24.0 Å².